The van der Waals surface area contributed by atoms with Gasteiger partial charge in [0.05, 0.1) is 18.9 Å². The first-order chi connectivity index (χ1) is 18.2. The Morgan fingerprint density at radius 1 is 0.949 bits per heavy atom. The Hall–Kier alpha value is -2.75. The first-order valence-electron chi connectivity index (χ1n) is 11.8. The fraction of sp³-hybridized carbons (Fsp3) is 0.542. The maximum absolute atomic E-state index is 10.6. The van der Waals surface area contributed by atoms with Crippen LogP contribution in [0.4, 0.5) is 26.3 Å². The SMILES string of the molecule is O=C(O)C(F)(F)F.O=C(O)C(F)(F)F.c1ccc(CN2CCOCC3(CCCN(Cc4cccs4)C3)C2)nc1. The highest BCUT2D eigenvalue weighted by Crippen LogP contribution is 2.34. The van der Waals surface area contributed by atoms with E-state index >= 15 is 0 Å². The van der Waals surface area contributed by atoms with Crippen LogP contribution in [0, 0.1) is 5.41 Å². The molecule has 1 unspecified atom stereocenters. The van der Waals surface area contributed by atoms with Crippen molar-refractivity contribution in [3.05, 3.63) is 52.5 Å². The van der Waals surface area contributed by atoms with Crippen LogP contribution in [0.1, 0.15) is 23.4 Å². The summed E-state index contributed by atoms with van der Waals surface area (Å²) in [5.74, 6) is -5.51. The zero-order valence-electron chi connectivity index (χ0n) is 20.7. The molecular weight excluding hydrogens is 556 g/mol. The summed E-state index contributed by atoms with van der Waals surface area (Å²) in [4.78, 5) is 28.9. The highest BCUT2D eigenvalue weighted by atomic mass is 32.1. The van der Waals surface area contributed by atoms with Crippen LogP contribution in [-0.2, 0) is 27.4 Å². The number of ether oxygens (including phenoxy) is 1. The fourth-order valence-electron chi connectivity index (χ4n) is 4.25. The number of thiophene rings is 1. The molecule has 0 saturated carbocycles. The van der Waals surface area contributed by atoms with Crippen molar-refractivity contribution in [3.63, 3.8) is 0 Å². The van der Waals surface area contributed by atoms with Crippen LogP contribution in [0.2, 0.25) is 0 Å². The second-order valence-electron chi connectivity index (χ2n) is 9.08. The third kappa shape index (κ3) is 11.9. The Morgan fingerprint density at radius 3 is 2.08 bits per heavy atom. The predicted octanol–water partition coefficient (Wildman–Crippen LogP) is 4.52. The Bertz CT molecular complexity index is 1000. The monoisotopic (exact) mass is 585 g/mol. The van der Waals surface area contributed by atoms with Gasteiger partial charge >= 0.3 is 24.3 Å². The molecule has 0 aliphatic carbocycles. The van der Waals surface area contributed by atoms with Gasteiger partial charge in [0.1, 0.15) is 0 Å². The van der Waals surface area contributed by atoms with E-state index in [-0.39, 0.29) is 5.41 Å². The third-order valence-electron chi connectivity index (χ3n) is 5.82. The molecule has 4 rings (SSSR count). The van der Waals surface area contributed by atoms with Gasteiger partial charge in [0.2, 0.25) is 0 Å². The Morgan fingerprint density at radius 2 is 1.56 bits per heavy atom. The molecule has 15 heteroatoms. The molecule has 1 atom stereocenters. The van der Waals surface area contributed by atoms with Gasteiger partial charge in [0, 0.05) is 49.2 Å². The van der Waals surface area contributed by atoms with Gasteiger partial charge in [-0.3, -0.25) is 14.8 Å². The number of pyridine rings is 1. The van der Waals surface area contributed by atoms with Crippen molar-refractivity contribution in [2.45, 2.75) is 38.3 Å². The van der Waals surface area contributed by atoms with Gasteiger partial charge in [-0.1, -0.05) is 12.1 Å². The number of hydrogen-bond donors (Lipinski definition) is 2. The van der Waals surface area contributed by atoms with Gasteiger partial charge in [-0.2, -0.15) is 26.3 Å². The molecule has 2 saturated heterocycles. The minimum absolute atomic E-state index is 0.265. The Kier molecular flexibility index (Phi) is 12.1. The van der Waals surface area contributed by atoms with E-state index in [1.165, 1.54) is 24.3 Å². The summed E-state index contributed by atoms with van der Waals surface area (Å²) in [5, 5.41) is 16.4. The summed E-state index contributed by atoms with van der Waals surface area (Å²) < 4.78 is 69.5. The van der Waals surface area contributed by atoms with Gasteiger partial charge in [-0.15, -0.1) is 11.3 Å². The van der Waals surface area contributed by atoms with Crippen molar-refractivity contribution in [2.24, 2.45) is 5.41 Å². The number of likely N-dealkylation sites (tertiary alicyclic amines) is 1. The number of nitrogens with zero attached hydrogens (tertiary/aromatic N) is 3. The van der Waals surface area contributed by atoms with Gasteiger partial charge in [-0.05, 0) is 43.0 Å². The molecule has 0 radical (unpaired) electrons. The average Bonchev–Trinajstić information content (AvgIpc) is 3.28. The molecule has 0 amide bonds. The van der Waals surface area contributed by atoms with Crippen molar-refractivity contribution < 1.29 is 50.9 Å². The van der Waals surface area contributed by atoms with Crippen LogP contribution in [0.15, 0.2) is 41.9 Å². The van der Waals surface area contributed by atoms with Crippen molar-refractivity contribution >= 4 is 23.3 Å². The van der Waals surface area contributed by atoms with Crippen molar-refractivity contribution in [1.29, 1.82) is 0 Å². The lowest BCUT2D eigenvalue weighted by atomic mass is 9.80. The van der Waals surface area contributed by atoms with Crippen LogP contribution in [0.25, 0.3) is 0 Å². The number of carboxylic acids is 2. The first kappa shape index (κ1) is 32.5. The van der Waals surface area contributed by atoms with Crippen molar-refractivity contribution in [1.82, 2.24) is 14.8 Å². The quantitative estimate of drug-likeness (QED) is 0.505. The molecule has 0 bridgehead atoms. The third-order valence-corrected chi connectivity index (χ3v) is 6.68. The second-order valence-corrected chi connectivity index (χ2v) is 10.1. The van der Waals surface area contributed by atoms with Gasteiger partial charge in [0.25, 0.3) is 0 Å². The summed E-state index contributed by atoms with van der Waals surface area (Å²) in [5.41, 5.74) is 1.42. The molecule has 218 valence electrons. The Balaban J connectivity index is 0.000000317. The number of aromatic nitrogens is 1. The van der Waals surface area contributed by atoms with E-state index in [1.807, 2.05) is 23.6 Å². The number of alkyl halides is 6. The molecular formula is C24H29F6N3O5S. The van der Waals surface area contributed by atoms with Gasteiger partial charge in [-0.25, -0.2) is 9.59 Å². The van der Waals surface area contributed by atoms with Crippen molar-refractivity contribution in [3.8, 4) is 0 Å². The first-order valence-corrected chi connectivity index (χ1v) is 12.6. The van der Waals surface area contributed by atoms with Crippen LogP contribution in [-0.4, -0.2) is 88.7 Å². The molecule has 8 nitrogen and oxygen atoms in total. The molecule has 1 spiro atoms. The van der Waals surface area contributed by atoms with E-state index in [2.05, 4.69) is 44.4 Å². The molecule has 0 aromatic carbocycles. The van der Waals surface area contributed by atoms with E-state index in [9.17, 15) is 26.3 Å². The van der Waals surface area contributed by atoms with Crippen LogP contribution in [0.5, 0.6) is 0 Å². The standard InChI is InChI=1S/C20H27N3OS.2C2HF3O2/c1-2-8-21-18(5-1)13-23-10-11-24-17-20(16-23)7-4-9-22(15-20)14-19-6-3-12-25-19;2*3-2(4,5)1(6)7/h1-3,5-6,8,12H,4,7,9-11,13-17H2;2*(H,6,7). The van der Waals surface area contributed by atoms with Crippen LogP contribution >= 0.6 is 11.3 Å². The molecule has 2 aliphatic heterocycles. The molecule has 2 N–H and O–H groups in total. The lowest BCUT2D eigenvalue weighted by Crippen LogP contribution is -2.50. The van der Waals surface area contributed by atoms with Gasteiger partial charge < -0.3 is 14.9 Å². The topological polar surface area (TPSA) is 103 Å². The normalized spacial score (nSPS) is 20.7. The maximum Gasteiger partial charge on any atom is 0.490 e. The molecule has 2 fully saturated rings. The highest BCUT2D eigenvalue weighted by molar-refractivity contribution is 7.09. The van der Waals surface area contributed by atoms with E-state index < -0.39 is 24.3 Å². The highest BCUT2D eigenvalue weighted by Gasteiger charge is 2.40. The number of carboxylic acid groups (broad SMARTS) is 2. The Labute approximate surface area is 224 Å². The molecule has 4 heterocycles. The summed E-state index contributed by atoms with van der Waals surface area (Å²) >= 11 is 1.87. The minimum Gasteiger partial charge on any atom is -0.475 e. The molecule has 2 aromatic rings. The lowest BCUT2D eigenvalue weighted by Gasteiger charge is -2.43. The minimum atomic E-state index is -5.08. The average molecular weight is 586 g/mol. The van der Waals surface area contributed by atoms with Crippen LogP contribution < -0.4 is 0 Å². The number of carbonyl (C=O) groups is 2. The van der Waals surface area contributed by atoms with E-state index in [0.717, 1.165) is 51.6 Å². The fourth-order valence-corrected chi connectivity index (χ4v) is 5.00. The molecule has 2 aliphatic rings. The van der Waals surface area contributed by atoms with Crippen LogP contribution in [0.3, 0.4) is 0 Å². The summed E-state index contributed by atoms with van der Waals surface area (Å²) in [6.07, 6.45) is -5.73. The number of hydrogen-bond acceptors (Lipinski definition) is 7. The molecule has 2 aromatic heterocycles. The van der Waals surface area contributed by atoms with E-state index in [0.29, 0.717) is 0 Å². The molecule has 39 heavy (non-hydrogen) atoms. The number of aliphatic carboxylic acids is 2. The van der Waals surface area contributed by atoms with E-state index in [4.69, 9.17) is 24.5 Å². The van der Waals surface area contributed by atoms with Crippen molar-refractivity contribution in [2.75, 3.05) is 39.4 Å². The number of piperidine rings is 1. The summed E-state index contributed by atoms with van der Waals surface area (Å²) in [7, 11) is 0. The number of rotatable bonds is 4. The second kappa shape index (κ2) is 14.6. The summed E-state index contributed by atoms with van der Waals surface area (Å²) in [6, 6.07) is 10.6. The zero-order valence-corrected chi connectivity index (χ0v) is 21.6. The number of halogens is 6. The largest absolute Gasteiger partial charge is 0.490 e. The predicted molar refractivity (Wildman–Crippen MR) is 129 cm³/mol. The maximum atomic E-state index is 10.6. The summed E-state index contributed by atoms with van der Waals surface area (Å²) in [6.45, 7) is 8.21. The zero-order chi connectivity index (χ0) is 29.1. The van der Waals surface area contributed by atoms with E-state index in [1.54, 1.807) is 0 Å². The smallest absolute Gasteiger partial charge is 0.475 e. The lowest BCUT2D eigenvalue weighted by molar-refractivity contribution is -0.193. The van der Waals surface area contributed by atoms with Gasteiger partial charge in [0.15, 0.2) is 0 Å².